The van der Waals surface area contributed by atoms with Crippen LogP contribution in [0.15, 0.2) is 18.2 Å². The summed E-state index contributed by atoms with van der Waals surface area (Å²) >= 11 is 0. The molecule has 1 heterocycles. The van der Waals surface area contributed by atoms with Gasteiger partial charge in [-0.15, -0.1) is 0 Å². The van der Waals surface area contributed by atoms with Gasteiger partial charge in [-0.2, -0.15) is 0 Å². The summed E-state index contributed by atoms with van der Waals surface area (Å²) in [6, 6.07) is 4.79. The fourth-order valence-corrected chi connectivity index (χ4v) is 1.78. The third kappa shape index (κ3) is 2.25. The maximum absolute atomic E-state index is 12.1. The van der Waals surface area contributed by atoms with Gasteiger partial charge in [-0.05, 0) is 26.0 Å². The minimum absolute atomic E-state index is 0.0729. The Morgan fingerprint density at radius 3 is 2.88 bits per heavy atom. The molecule has 0 amide bonds. The molecule has 1 aromatic carbocycles. The minimum Gasteiger partial charge on any atom is -0.489 e. The molecule has 0 aromatic heterocycles. The SMILES string of the molecule is CC(C)OC1COc2cccc(OO)c2C1=O. The van der Waals surface area contributed by atoms with Crippen molar-refractivity contribution in [3.63, 3.8) is 0 Å². The van der Waals surface area contributed by atoms with E-state index in [1.807, 2.05) is 13.8 Å². The van der Waals surface area contributed by atoms with Crippen LogP contribution in [0, 0.1) is 0 Å². The zero-order valence-electron chi connectivity index (χ0n) is 9.67. The number of carbonyl (C=O) groups is 1. The largest absolute Gasteiger partial charge is 0.489 e. The number of Topliss-reactive ketones (excluding diaryl/α,β-unsaturated/α-hetero) is 1. The number of fused-ring (bicyclic) bond motifs is 1. The quantitative estimate of drug-likeness (QED) is 0.643. The van der Waals surface area contributed by atoms with E-state index in [-0.39, 0.29) is 29.8 Å². The van der Waals surface area contributed by atoms with Crippen molar-refractivity contribution >= 4 is 5.78 Å². The Morgan fingerprint density at radius 1 is 1.47 bits per heavy atom. The number of rotatable bonds is 3. The highest BCUT2D eigenvalue weighted by Gasteiger charge is 2.33. The van der Waals surface area contributed by atoms with E-state index in [9.17, 15) is 4.79 Å². The van der Waals surface area contributed by atoms with Crippen LogP contribution in [0.2, 0.25) is 0 Å². The van der Waals surface area contributed by atoms with Gasteiger partial charge in [0.2, 0.25) is 5.78 Å². The number of hydrogen-bond acceptors (Lipinski definition) is 5. The molecule has 0 radical (unpaired) electrons. The van der Waals surface area contributed by atoms with Crippen molar-refractivity contribution in [1.29, 1.82) is 0 Å². The second-order valence-electron chi connectivity index (χ2n) is 4.07. The Labute approximate surface area is 98.8 Å². The first kappa shape index (κ1) is 11.9. The van der Waals surface area contributed by atoms with Crippen LogP contribution in [0.25, 0.3) is 0 Å². The monoisotopic (exact) mass is 238 g/mol. The zero-order valence-corrected chi connectivity index (χ0v) is 9.67. The Hall–Kier alpha value is -1.59. The number of hydrogen-bond donors (Lipinski definition) is 1. The predicted octanol–water partition coefficient (Wildman–Crippen LogP) is 1.91. The summed E-state index contributed by atoms with van der Waals surface area (Å²) in [5.41, 5.74) is 0.229. The maximum Gasteiger partial charge on any atom is 0.202 e. The van der Waals surface area contributed by atoms with Crippen LogP contribution in [0.3, 0.4) is 0 Å². The van der Waals surface area contributed by atoms with Crippen molar-refractivity contribution in [2.75, 3.05) is 6.61 Å². The standard InChI is InChI=1S/C12H14O5/c1-7(2)16-10-6-15-8-4-3-5-9(17-14)11(8)12(10)13/h3-5,7,10,14H,6H2,1-2H3. The first-order valence-electron chi connectivity index (χ1n) is 5.40. The van der Waals surface area contributed by atoms with Crippen molar-refractivity contribution < 1.29 is 24.4 Å². The van der Waals surface area contributed by atoms with E-state index in [0.717, 1.165) is 0 Å². The number of ether oxygens (including phenoxy) is 2. The highest BCUT2D eigenvalue weighted by atomic mass is 17.1. The van der Waals surface area contributed by atoms with Crippen molar-refractivity contribution in [1.82, 2.24) is 0 Å². The van der Waals surface area contributed by atoms with Gasteiger partial charge in [-0.25, -0.2) is 5.26 Å². The number of benzene rings is 1. The average Bonchev–Trinajstić information content (AvgIpc) is 2.31. The summed E-state index contributed by atoms with van der Waals surface area (Å²) in [4.78, 5) is 16.3. The first-order chi connectivity index (χ1) is 8.13. The van der Waals surface area contributed by atoms with Crippen molar-refractivity contribution in [2.45, 2.75) is 26.1 Å². The summed E-state index contributed by atoms with van der Waals surface area (Å²) in [5.74, 6) is 0.263. The van der Waals surface area contributed by atoms with Crippen molar-refractivity contribution in [2.24, 2.45) is 0 Å². The molecule has 0 saturated carbocycles. The van der Waals surface area contributed by atoms with Gasteiger partial charge in [0.15, 0.2) is 11.9 Å². The van der Waals surface area contributed by atoms with Crippen LogP contribution in [0.5, 0.6) is 11.5 Å². The summed E-state index contributed by atoms with van der Waals surface area (Å²) in [7, 11) is 0. The van der Waals surface area contributed by atoms with Crippen LogP contribution in [0.1, 0.15) is 24.2 Å². The molecular formula is C12H14O5. The van der Waals surface area contributed by atoms with E-state index in [2.05, 4.69) is 4.89 Å². The van der Waals surface area contributed by atoms with Crippen molar-refractivity contribution in [3.8, 4) is 11.5 Å². The molecule has 1 atom stereocenters. The molecule has 0 fully saturated rings. The first-order valence-corrected chi connectivity index (χ1v) is 5.40. The maximum atomic E-state index is 12.1. The smallest absolute Gasteiger partial charge is 0.202 e. The summed E-state index contributed by atoms with van der Waals surface area (Å²) < 4.78 is 10.9. The van der Waals surface area contributed by atoms with Gasteiger partial charge in [0.05, 0.1) is 6.10 Å². The topological polar surface area (TPSA) is 65.0 Å². The molecule has 0 spiro atoms. The van der Waals surface area contributed by atoms with E-state index in [4.69, 9.17) is 14.7 Å². The van der Waals surface area contributed by atoms with Crippen LogP contribution < -0.4 is 9.62 Å². The molecule has 1 unspecified atom stereocenters. The molecule has 92 valence electrons. The fraction of sp³-hybridized carbons (Fsp3) is 0.417. The lowest BCUT2D eigenvalue weighted by atomic mass is 10.0. The van der Waals surface area contributed by atoms with Gasteiger partial charge >= 0.3 is 0 Å². The molecule has 0 saturated heterocycles. The van der Waals surface area contributed by atoms with Crippen LogP contribution in [0.4, 0.5) is 0 Å². The van der Waals surface area contributed by atoms with Crippen LogP contribution in [-0.4, -0.2) is 29.9 Å². The molecule has 17 heavy (non-hydrogen) atoms. The predicted molar refractivity (Wildman–Crippen MR) is 59.5 cm³/mol. The molecule has 5 heteroatoms. The van der Waals surface area contributed by atoms with Gasteiger partial charge < -0.3 is 14.4 Å². The van der Waals surface area contributed by atoms with Gasteiger partial charge in [-0.3, -0.25) is 4.79 Å². The van der Waals surface area contributed by atoms with E-state index in [1.54, 1.807) is 12.1 Å². The lowest BCUT2D eigenvalue weighted by Crippen LogP contribution is -2.37. The molecule has 0 aliphatic carbocycles. The van der Waals surface area contributed by atoms with Gasteiger partial charge in [0, 0.05) is 0 Å². The summed E-state index contributed by atoms with van der Waals surface area (Å²) in [6.07, 6.45) is -0.727. The minimum atomic E-state index is -0.654. The molecule has 0 bridgehead atoms. The molecule has 1 N–H and O–H groups in total. The van der Waals surface area contributed by atoms with Gasteiger partial charge in [0.25, 0.3) is 0 Å². The lowest BCUT2D eigenvalue weighted by Gasteiger charge is -2.26. The lowest BCUT2D eigenvalue weighted by molar-refractivity contribution is -0.138. The Morgan fingerprint density at radius 2 is 2.24 bits per heavy atom. The second-order valence-corrected chi connectivity index (χ2v) is 4.07. The Bertz CT molecular complexity index is 413. The molecule has 5 nitrogen and oxygen atoms in total. The average molecular weight is 238 g/mol. The highest BCUT2D eigenvalue weighted by Crippen LogP contribution is 2.33. The number of carbonyl (C=O) groups excluding carboxylic acids is 1. The second kappa shape index (κ2) is 4.73. The Balaban J connectivity index is 2.33. The normalized spacial score (nSPS) is 18.8. The third-order valence-corrected chi connectivity index (χ3v) is 2.45. The highest BCUT2D eigenvalue weighted by molar-refractivity contribution is 6.05. The third-order valence-electron chi connectivity index (χ3n) is 2.45. The summed E-state index contributed by atoms with van der Waals surface area (Å²) in [6.45, 7) is 3.87. The van der Waals surface area contributed by atoms with E-state index in [0.29, 0.717) is 5.75 Å². The molecule has 1 aliphatic heterocycles. The van der Waals surface area contributed by atoms with Crippen LogP contribution >= 0.6 is 0 Å². The van der Waals surface area contributed by atoms with Gasteiger partial charge in [-0.1, -0.05) is 6.07 Å². The van der Waals surface area contributed by atoms with Crippen LogP contribution in [-0.2, 0) is 4.74 Å². The van der Waals surface area contributed by atoms with Gasteiger partial charge in [0.1, 0.15) is 17.9 Å². The fourth-order valence-electron chi connectivity index (χ4n) is 1.78. The summed E-state index contributed by atoms with van der Waals surface area (Å²) in [5, 5.41) is 8.73. The van der Waals surface area contributed by atoms with E-state index in [1.165, 1.54) is 6.07 Å². The molecule has 1 aromatic rings. The molecule has 1 aliphatic rings. The van der Waals surface area contributed by atoms with E-state index < -0.39 is 6.10 Å². The van der Waals surface area contributed by atoms with E-state index >= 15 is 0 Å². The zero-order chi connectivity index (χ0) is 12.4. The van der Waals surface area contributed by atoms with Crippen molar-refractivity contribution in [3.05, 3.63) is 23.8 Å². The Kier molecular flexibility index (Phi) is 3.31. The molecule has 2 rings (SSSR count). The number of ketones is 1. The molecular weight excluding hydrogens is 224 g/mol.